The lowest BCUT2D eigenvalue weighted by atomic mass is 10.1. The van der Waals surface area contributed by atoms with E-state index in [-0.39, 0.29) is 12.5 Å². The van der Waals surface area contributed by atoms with Gasteiger partial charge in [0.25, 0.3) is 5.91 Å². The second kappa shape index (κ2) is 9.68. The second-order valence-electron chi connectivity index (χ2n) is 5.97. The van der Waals surface area contributed by atoms with Crippen molar-refractivity contribution in [1.82, 2.24) is 0 Å². The van der Waals surface area contributed by atoms with Crippen LogP contribution in [0.4, 0.5) is 5.69 Å². The van der Waals surface area contributed by atoms with Crippen LogP contribution in [0.15, 0.2) is 46.9 Å². The van der Waals surface area contributed by atoms with Gasteiger partial charge in [-0.15, -0.1) is 0 Å². The molecular weight excluding hydrogens is 406 g/mol. The molecular formula is C19H21BrClNO3. The van der Waals surface area contributed by atoms with Gasteiger partial charge in [-0.25, -0.2) is 0 Å². The molecule has 0 unspecified atom stereocenters. The van der Waals surface area contributed by atoms with E-state index >= 15 is 0 Å². The highest BCUT2D eigenvalue weighted by Crippen LogP contribution is 2.27. The Kier molecular flexibility index (Phi) is 7.59. The van der Waals surface area contributed by atoms with Crippen LogP contribution in [0.2, 0.25) is 5.02 Å². The van der Waals surface area contributed by atoms with Crippen LogP contribution in [0.25, 0.3) is 0 Å². The molecule has 0 bridgehead atoms. The van der Waals surface area contributed by atoms with Crippen molar-refractivity contribution < 1.29 is 14.3 Å². The molecule has 0 aromatic heterocycles. The zero-order chi connectivity index (χ0) is 18.2. The van der Waals surface area contributed by atoms with Crippen molar-refractivity contribution in [1.29, 1.82) is 0 Å². The molecule has 0 atom stereocenters. The summed E-state index contributed by atoms with van der Waals surface area (Å²) in [6, 6.07) is 12.5. The number of ether oxygens (including phenoxy) is 2. The summed E-state index contributed by atoms with van der Waals surface area (Å²) in [6.45, 7) is 4.89. The van der Waals surface area contributed by atoms with Crippen LogP contribution in [-0.2, 0) is 4.79 Å². The first kappa shape index (κ1) is 19.6. The van der Waals surface area contributed by atoms with E-state index in [0.717, 1.165) is 16.6 Å². The van der Waals surface area contributed by atoms with Crippen molar-refractivity contribution in [2.75, 3.05) is 18.5 Å². The van der Waals surface area contributed by atoms with Crippen LogP contribution in [0.1, 0.15) is 20.3 Å². The molecule has 0 saturated heterocycles. The number of anilines is 1. The Morgan fingerprint density at radius 3 is 2.52 bits per heavy atom. The summed E-state index contributed by atoms with van der Waals surface area (Å²) in [4.78, 5) is 12.0. The van der Waals surface area contributed by atoms with Gasteiger partial charge < -0.3 is 14.8 Å². The normalized spacial score (nSPS) is 10.6. The van der Waals surface area contributed by atoms with Crippen molar-refractivity contribution in [2.45, 2.75) is 20.3 Å². The summed E-state index contributed by atoms with van der Waals surface area (Å²) in [6.07, 6.45) is 1.01. The van der Waals surface area contributed by atoms with Crippen molar-refractivity contribution in [3.8, 4) is 11.5 Å². The summed E-state index contributed by atoms with van der Waals surface area (Å²) in [5, 5.41) is 3.22. The molecule has 2 aromatic carbocycles. The Morgan fingerprint density at radius 2 is 1.88 bits per heavy atom. The maximum absolute atomic E-state index is 12.0. The second-order valence-corrected chi connectivity index (χ2v) is 7.29. The van der Waals surface area contributed by atoms with Crippen molar-refractivity contribution in [2.24, 2.45) is 5.92 Å². The summed E-state index contributed by atoms with van der Waals surface area (Å²) in [5.74, 6) is 1.61. The number of hydrogen-bond acceptors (Lipinski definition) is 3. The molecule has 0 fully saturated rings. The highest BCUT2D eigenvalue weighted by Gasteiger charge is 2.07. The number of carbonyl (C=O) groups is 1. The minimum absolute atomic E-state index is 0.117. The van der Waals surface area contributed by atoms with Gasteiger partial charge in [0.2, 0.25) is 0 Å². The average Bonchev–Trinajstić information content (AvgIpc) is 2.55. The Hall–Kier alpha value is -1.72. The molecule has 4 nitrogen and oxygen atoms in total. The third-order valence-corrected chi connectivity index (χ3v) is 4.14. The molecule has 0 aliphatic carbocycles. The van der Waals surface area contributed by atoms with Gasteiger partial charge in [0.15, 0.2) is 6.61 Å². The zero-order valence-electron chi connectivity index (χ0n) is 14.2. The lowest BCUT2D eigenvalue weighted by Crippen LogP contribution is -2.20. The number of rotatable bonds is 8. The van der Waals surface area contributed by atoms with Gasteiger partial charge in [-0.3, -0.25) is 4.79 Å². The fourth-order valence-electron chi connectivity index (χ4n) is 1.98. The quantitative estimate of drug-likeness (QED) is 0.602. The van der Waals surface area contributed by atoms with Crippen LogP contribution < -0.4 is 14.8 Å². The number of nitrogens with one attached hydrogen (secondary N) is 1. The molecule has 0 aliphatic heterocycles. The van der Waals surface area contributed by atoms with E-state index in [1.165, 1.54) is 0 Å². The fourth-order valence-corrected chi connectivity index (χ4v) is 2.71. The van der Waals surface area contributed by atoms with Crippen molar-refractivity contribution >= 4 is 39.1 Å². The van der Waals surface area contributed by atoms with Crippen LogP contribution in [0.3, 0.4) is 0 Å². The minimum Gasteiger partial charge on any atom is -0.494 e. The van der Waals surface area contributed by atoms with E-state index in [1.54, 1.807) is 30.3 Å². The summed E-state index contributed by atoms with van der Waals surface area (Å²) in [5.41, 5.74) is 0.687. The third kappa shape index (κ3) is 6.96. The molecule has 0 radical (unpaired) electrons. The van der Waals surface area contributed by atoms with E-state index in [2.05, 4.69) is 35.1 Å². The Bertz CT molecular complexity index is 704. The lowest BCUT2D eigenvalue weighted by Gasteiger charge is -2.10. The van der Waals surface area contributed by atoms with Gasteiger partial charge in [0, 0.05) is 10.2 Å². The van der Waals surface area contributed by atoms with Crippen molar-refractivity contribution in [3.63, 3.8) is 0 Å². The monoisotopic (exact) mass is 425 g/mol. The van der Waals surface area contributed by atoms with Gasteiger partial charge in [0.05, 0.1) is 11.6 Å². The van der Waals surface area contributed by atoms with Crippen LogP contribution in [0.5, 0.6) is 11.5 Å². The average molecular weight is 427 g/mol. The SMILES string of the molecule is CC(C)CCOc1ccc(NC(=O)COc2ccc(Br)cc2Cl)cc1. The first-order chi connectivity index (χ1) is 11.9. The van der Waals surface area contributed by atoms with E-state index in [9.17, 15) is 4.79 Å². The molecule has 134 valence electrons. The smallest absolute Gasteiger partial charge is 0.262 e. The van der Waals surface area contributed by atoms with Gasteiger partial charge in [-0.05, 0) is 54.8 Å². The number of amides is 1. The molecule has 0 saturated carbocycles. The standard InChI is InChI=1S/C19H21BrClNO3/c1-13(2)9-10-24-16-6-4-15(5-7-16)22-19(23)12-25-18-8-3-14(20)11-17(18)21/h3-8,11,13H,9-10,12H2,1-2H3,(H,22,23). The number of hydrogen-bond donors (Lipinski definition) is 1. The molecule has 0 aliphatic rings. The minimum atomic E-state index is -0.257. The lowest BCUT2D eigenvalue weighted by molar-refractivity contribution is -0.118. The molecule has 6 heteroatoms. The molecule has 25 heavy (non-hydrogen) atoms. The molecule has 0 spiro atoms. The highest BCUT2D eigenvalue weighted by molar-refractivity contribution is 9.10. The topological polar surface area (TPSA) is 47.6 Å². The summed E-state index contributed by atoms with van der Waals surface area (Å²) >= 11 is 9.37. The molecule has 1 amide bonds. The maximum atomic E-state index is 12.0. The van der Waals surface area contributed by atoms with Crippen LogP contribution in [0, 0.1) is 5.92 Å². The highest BCUT2D eigenvalue weighted by atomic mass is 79.9. The Labute approximate surface area is 161 Å². The fraction of sp³-hybridized carbons (Fsp3) is 0.316. The third-order valence-electron chi connectivity index (χ3n) is 3.35. The van der Waals surface area contributed by atoms with Gasteiger partial charge in [-0.2, -0.15) is 0 Å². The Balaban J connectivity index is 1.80. The van der Waals surface area contributed by atoms with Crippen LogP contribution >= 0.6 is 27.5 Å². The molecule has 2 aromatic rings. The predicted molar refractivity (Wildman–Crippen MR) is 105 cm³/mol. The van der Waals surface area contributed by atoms with Crippen LogP contribution in [-0.4, -0.2) is 19.1 Å². The summed E-state index contributed by atoms with van der Waals surface area (Å²) < 4.78 is 11.9. The van der Waals surface area contributed by atoms with E-state index in [4.69, 9.17) is 21.1 Å². The molecule has 1 N–H and O–H groups in total. The maximum Gasteiger partial charge on any atom is 0.262 e. The Morgan fingerprint density at radius 1 is 1.16 bits per heavy atom. The predicted octanol–water partition coefficient (Wildman–Crippen LogP) is 5.54. The first-order valence-corrected chi connectivity index (χ1v) is 9.21. The molecule has 2 rings (SSSR count). The summed E-state index contributed by atoms with van der Waals surface area (Å²) in [7, 11) is 0. The number of benzene rings is 2. The van der Waals surface area contributed by atoms with Gasteiger partial charge in [0.1, 0.15) is 11.5 Å². The number of carbonyl (C=O) groups excluding carboxylic acids is 1. The van der Waals surface area contributed by atoms with Crippen molar-refractivity contribution in [3.05, 3.63) is 52.0 Å². The van der Waals surface area contributed by atoms with Gasteiger partial charge >= 0.3 is 0 Å². The van der Waals surface area contributed by atoms with Gasteiger partial charge in [-0.1, -0.05) is 41.4 Å². The number of halogens is 2. The van der Waals surface area contributed by atoms with E-state index in [0.29, 0.717) is 29.0 Å². The largest absolute Gasteiger partial charge is 0.494 e. The molecule has 0 heterocycles. The zero-order valence-corrected chi connectivity index (χ0v) is 16.6. The van der Waals surface area contributed by atoms with E-state index in [1.807, 2.05) is 12.1 Å². The first-order valence-electron chi connectivity index (χ1n) is 8.04. The van der Waals surface area contributed by atoms with E-state index < -0.39 is 0 Å².